The number of fused-ring (bicyclic) bond motifs is 1. The van der Waals surface area contributed by atoms with Gasteiger partial charge in [0.05, 0.1) is 17.9 Å². The minimum Gasteiger partial charge on any atom is -0.466 e. The summed E-state index contributed by atoms with van der Waals surface area (Å²) in [6, 6.07) is 8.70. The van der Waals surface area contributed by atoms with Crippen molar-refractivity contribution in [1.29, 1.82) is 0 Å². The van der Waals surface area contributed by atoms with Crippen LogP contribution >= 0.6 is 0 Å². The SMILES string of the molecule is CCOC(=O)C/C=C1/CCCc2c1ccn2S(=O)(=O)c1ccc(C)cc1. The van der Waals surface area contributed by atoms with Gasteiger partial charge in [0.2, 0.25) is 0 Å². The van der Waals surface area contributed by atoms with Crippen molar-refractivity contribution in [3.63, 3.8) is 0 Å². The lowest BCUT2D eigenvalue weighted by molar-refractivity contribution is -0.142. The second-order valence-electron chi connectivity index (χ2n) is 6.38. The minimum atomic E-state index is -3.62. The van der Waals surface area contributed by atoms with Crippen molar-refractivity contribution in [2.45, 2.75) is 44.4 Å². The average Bonchev–Trinajstić information content (AvgIpc) is 3.06. The summed E-state index contributed by atoms with van der Waals surface area (Å²) in [4.78, 5) is 11.9. The molecule has 1 aromatic carbocycles. The lowest BCUT2D eigenvalue weighted by Gasteiger charge is -2.18. The molecule has 1 heterocycles. The molecule has 0 amide bonds. The van der Waals surface area contributed by atoms with Crippen molar-refractivity contribution < 1.29 is 17.9 Å². The van der Waals surface area contributed by atoms with Crippen molar-refractivity contribution in [2.75, 3.05) is 6.61 Å². The van der Waals surface area contributed by atoms with Gasteiger partial charge in [0, 0.05) is 11.9 Å². The molecule has 3 rings (SSSR count). The van der Waals surface area contributed by atoms with Crippen LogP contribution in [0, 0.1) is 6.92 Å². The van der Waals surface area contributed by atoms with Crippen LogP contribution in [0.15, 0.2) is 47.5 Å². The highest BCUT2D eigenvalue weighted by atomic mass is 32.2. The van der Waals surface area contributed by atoms with E-state index in [9.17, 15) is 13.2 Å². The molecule has 138 valence electrons. The number of rotatable bonds is 5. The second-order valence-corrected chi connectivity index (χ2v) is 8.20. The molecule has 0 atom stereocenters. The van der Waals surface area contributed by atoms with E-state index in [1.165, 1.54) is 3.97 Å². The molecule has 0 spiro atoms. The number of ether oxygens (including phenoxy) is 1. The number of aromatic nitrogens is 1. The summed E-state index contributed by atoms with van der Waals surface area (Å²) >= 11 is 0. The van der Waals surface area contributed by atoms with E-state index >= 15 is 0 Å². The Morgan fingerprint density at radius 1 is 1.19 bits per heavy atom. The van der Waals surface area contributed by atoms with Gasteiger partial charge in [-0.3, -0.25) is 4.79 Å². The second kappa shape index (κ2) is 7.50. The van der Waals surface area contributed by atoms with Gasteiger partial charge in [0.15, 0.2) is 0 Å². The topological polar surface area (TPSA) is 65.4 Å². The number of hydrogen-bond acceptors (Lipinski definition) is 4. The molecular formula is C20H23NO4S. The normalized spacial score (nSPS) is 15.7. The smallest absolute Gasteiger partial charge is 0.309 e. The van der Waals surface area contributed by atoms with Crippen LogP contribution in [-0.4, -0.2) is 25.0 Å². The van der Waals surface area contributed by atoms with E-state index in [2.05, 4.69) is 0 Å². The molecule has 1 aromatic heterocycles. The molecule has 0 aliphatic heterocycles. The summed E-state index contributed by atoms with van der Waals surface area (Å²) in [5.74, 6) is -0.265. The third-order valence-corrected chi connectivity index (χ3v) is 6.29. The minimum absolute atomic E-state index is 0.207. The summed E-state index contributed by atoms with van der Waals surface area (Å²) in [5.41, 5.74) is 3.72. The summed E-state index contributed by atoms with van der Waals surface area (Å²) in [6.45, 7) is 4.06. The van der Waals surface area contributed by atoms with Gasteiger partial charge in [-0.05, 0) is 62.4 Å². The first-order valence-corrected chi connectivity index (χ1v) is 10.2. The molecule has 26 heavy (non-hydrogen) atoms. The van der Waals surface area contributed by atoms with E-state index in [0.717, 1.165) is 35.2 Å². The van der Waals surface area contributed by atoms with E-state index in [1.54, 1.807) is 37.4 Å². The van der Waals surface area contributed by atoms with Crippen molar-refractivity contribution in [3.05, 3.63) is 59.4 Å². The zero-order chi connectivity index (χ0) is 18.7. The first kappa shape index (κ1) is 18.5. The van der Waals surface area contributed by atoms with E-state index in [1.807, 2.05) is 19.1 Å². The third kappa shape index (κ3) is 3.60. The van der Waals surface area contributed by atoms with Crippen LogP contribution in [0.5, 0.6) is 0 Å². The van der Waals surface area contributed by atoms with Gasteiger partial charge >= 0.3 is 5.97 Å². The summed E-state index contributed by atoms with van der Waals surface area (Å²) < 4.78 is 32.4. The maximum Gasteiger partial charge on any atom is 0.309 e. The van der Waals surface area contributed by atoms with E-state index in [-0.39, 0.29) is 17.3 Å². The number of carbonyl (C=O) groups excluding carboxylic acids is 1. The Labute approximate surface area is 154 Å². The maximum atomic E-state index is 13.0. The standard InChI is InChI=1S/C20H23NO4S/c1-3-25-20(22)12-9-16-5-4-6-19-18(16)13-14-21(19)26(23,24)17-10-7-15(2)8-11-17/h7-11,13-14H,3-6,12H2,1-2H3/b16-9-. The molecule has 0 saturated heterocycles. The summed E-state index contributed by atoms with van der Waals surface area (Å²) in [7, 11) is -3.62. The molecule has 5 nitrogen and oxygen atoms in total. The number of carbonyl (C=O) groups is 1. The van der Waals surface area contributed by atoms with Gasteiger partial charge in [-0.2, -0.15) is 0 Å². The molecule has 0 bridgehead atoms. The molecule has 0 unspecified atom stereocenters. The van der Waals surface area contributed by atoms with Crippen LogP contribution in [0.25, 0.3) is 5.57 Å². The number of benzene rings is 1. The monoisotopic (exact) mass is 373 g/mol. The zero-order valence-electron chi connectivity index (χ0n) is 15.1. The van der Waals surface area contributed by atoms with Crippen molar-refractivity contribution in [2.24, 2.45) is 0 Å². The van der Waals surface area contributed by atoms with E-state index < -0.39 is 10.0 Å². The Morgan fingerprint density at radius 2 is 1.92 bits per heavy atom. The highest BCUT2D eigenvalue weighted by molar-refractivity contribution is 7.90. The molecule has 0 radical (unpaired) electrons. The number of esters is 1. The van der Waals surface area contributed by atoms with Gasteiger partial charge < -0.3 is 4.74 Å². The number of aryl methyl sites for hydroxylation is 1. The molecule has 6 heteroatoms. The van der Waals surface area contributed by atoms with E-state index in [0.29, 0.717) is 13.0 Å². The molecule has 2 aromatic rings. The fourth-order valence-corrected chi connectivity index (χ4v) is 4.66. The Hall–Kier alpha value is -2.34. The van der Waals surface area contributed by atoms with Crippen LogP contribution in [0.3, 0.4) is 0 Å². The quantitative estimate of drug-likeness (QED) is 0.750. The highest BCUT2D eigenvalue weighted by Gasteiger charge is 2.25. The van der Waals surface area contributed by atoms with Gasteiger partial charge in [0.1, 0.15) is 0 Å². The summed E-state index contributed by atoms with van der Waals surface area (Å²) in [5, 5.41) is 0. The number of allylic oxidation sites excluding steroid dienone is 1. The van der Waals surface area contributed by atoms with Gasteiger partial charge in [-0.15, -0.1) is 0 Å². The highest BCUT2D eigenvalue weighted by Crippen LogP contribution is 2.33. The molecule has 0 N–H and O–H groups in total. The molecular weight excluding hydrogens is 350 g/mol. The van der Waals surface area contributed by atoms with Crippen molar-refractivity contribution in [1.82, 2.24) is 3.97 Å². The van der Waals surface area contributed by atoms with Gasteiger partial charge in [-0.1, -0.05) is 23.8 Å². The first-order valence-electron chi connectivity index (χ1n) is 8.81. The summed E-state index contributed by atoms with van der Waals surface area (Å²) in [6.07, 6.45) is 6.07. The fourth-order valence-electron chi connectivity index (χ4n) is 3.25. The first-order chi connectivity index (χ1) is 12.4. The van der Waals surface area contributed by atoms with Crippen LogP contribution in [0.2, 0.25) is 0 Å². The molecule has 0 saturated carbocycles. The van der Waals surface area contributed by atoms with E-state index in [4.69, 9.17) is 4.74 Å². The van der Waals surface area contributed by atoms with Crippen LogP contribution in [0.1, 0.15) is 43.0 Å². The largest absolute Gasteiger partial charge is 0.466 e. The maximum absolute atomic E-state index is 13.0. The average molecular weight is 373 g/mol. The zero-order valence-corrected chi connectivity index (χ0v) is 15.9. The predicted molar refractivity (Wildman–Crippen MR) is 100 cm³/mol. The Balaban J connectivity index is 1.94. The Kier molecular flexibility index (Phi) is 5.32. The Morgan fingerprint density at radius 3 is 2.62 bits per heavy atom. The van der Waals surface area contributed by atoms with Crippen molar-refractivity contribution >= 4 is 21.6 Å². The van der Waals surface area contributed by atoms with Gasteiger partial charge in [-0.25, -0.2) is 12.4 Å². The van der Waals surface area contributed by atoms with Gasteiger partial charge in [0.25, 0.3) is 10.0 Å². The van der Waals surface area contributed by atoms with Crippen molar-refractivity contribution in [3.8, 4) is 0 Å². The Bertz CT molecular complexity index is 937. The predicted octanol–water partition coefficient (Wildman–Crippen LogP) is 3.71. The molecule has 0 fully saturated rings. The van der Waals surface area contributed by atoms with Crippen LogP contribution in [0.4, 0.5) is 0 Å². The number of nitrogens with zero attached hydrogens (tertiary/aromatic N) is 1. The lowest BCUT2D eigenvalue weighted by atomic mass is 9.92. The fraction of sp³-hybridized carbons (Fsp3) is 0.350. The number of hydrogen-bond donors (Lipinski definition) is 0. The van der Waals surface area contributed by atoms with Crippen LogP contribution in [-0.2, 0) is 26.0 Å². The van der Waals surface area contributed by atoms with Crippen LogP contribution < -0.4 is 0 Å². The molecule has 1 aliphatic rings. The third-order valence-electron chi connectivity index (χ3n) is 4.56. The molecule has 1 aliphatic carbocycles. The lowest BCUT2D eigenvalue weighted by Crippen LogP contribution is -2.17.